The fourth-order valence-electron chi connectivity index (χ4n) is 4.40. The summed E-state index contributed by atoms with van der Waals surface area (Å²) in [6, 6.07) is 12.6. The number of hydrogen-bond acceptors (Lipinski definition) is 5. The molecular formula is C27H33ClO6. The molecule has 0 aliphatic heterocycles. The molecule has 2 aromatic carbocycles. The van der Waals surface area contributed by atoms with Gasteiger partial charge in [0.2, 0.25) is 0 Å². The summed E-state index contributed by atoms with van der Waals surface area (Å²) in [5, 5.41) is 10.6. The third-order valence-corrected chi connectivity index (χ3v) is 6.60. The first-order valence-corrected chi connectivity index (χ1v) is 12.2. The van der Waals surface area contributed by atoms with E-state index in [9.17, 15) is 14.7 Å². The summed E-state index contributed by atoms with van der Waals surface area (Å²) in [4.78, 5) is 25.3. The molecule has 0 heterocycles. The molecular weight excluding hydrogens is 456 g/mol. The van der Waals surface area contributed by atoms with Gasteiger partial charge in [0, 0.05) is 30.5 Å². The number of hydrogen-bond donors (Lipinski definition) is 1. The smallest absolute Gasteiger partial charge is 0.310 e. The fourth-order valence-corrected chi connectivity index (χ4v) is 4.61. The molecule has 1 N–H and O–H groups in total. The third-order valence-electron chi connectivity index (χ3n) is 6.36. The van der Waals surface area contributed by atoms with Gasteiger partial charge in [-0.1, -0.05) is 49.4 Å². The molecule has 0 atom stereocenters. The van der Waals surface area contributed by atoms with Crippen molar-refractivity contribution in [2.45, 2.75) is 51.4 Å². The highest BCUT2D eigenvalue weighted by Gasteiger charge is 2.40. The van der Waals surface area contributed by atoms with E-state index in [0.29, 0.717) is 61.2 Å². The zero-order valence-electron chi connectivity index (χ0n) is 19.7. The monoisotopic (exact) mass is 488 g/mol. The van der Waals surface area contributed by atoms with Crippen LogP contribution in [0.4, 0.5) is 0 Å². The average molecular weight is 489 g/mol. The van der Waals surface area contributed by atoms with Crippen LogP contribution < -0.4 is 9.47 Å². The van der Waals surface area contributed by atoms with Crippen molar-refractivity contribution < 1.29 is 28.9 Å². The molecule has 7 heteroatoms. The molecule has 1 fully saturated rings. The Morgan fingerprint density at radius 3 is 2.35 bits per heavy atom. The molecule has 3 rings (SSSR count). The molecule has 0 aromatic heterocycles. The van der Waals surface area contributed by atoms with Crippen molar-refractivity contribution in [1.29, 1.82) is 0 Å². The number of carbonyl (C=O) groups is 2. The number of methoxy groups -OCH3 is 1. The van der Waals surface area contributed by atoms with Gasteiger partial charge in [-0.3, -0.25) is 9.59 Å². The second-order valence-electron chi connectivity index (χ2n) is 8.83. The van der Waals surface area contributed by atoms with E-state index in [1.54, 1.807) is 25.3 Å². The van der Waals surface area contributed by atoms with Crippen LogP contribution in [-0.2, 0) is 16.0 Å². The van der Waals surface area contributed by atoms with E-state index in [2.05, 4.69) is 0 Å². The van der Waals surface area contributed by atoms with Gasteiger partial charge < -0.3 is 19.3 Å². The zero-order valence-corrected chi connectivity index (χ0v) is 20.4. The second kappa shape index (κ2) is 12.8. The molecule has 34 heavy (non-hydrogen) atoms. The lowest BCUT2D eigenvalue weighted by Gasteiger charge is -2.27. The van der Waals surface area contributed by atoms with E-state index < -0.39 is 11.4 Å². The van der Waals surface area contributed by atoms with Crippen molar-refractivity contribution in [3.05, 3.63) is 58.6 Å². The van der Waals surface area contributed by atoms with Crippen molar-refractivity contribution in [1.82, 2.24) is 0 Å². The maximum absolute atomic E-state index is 13.2. The Kier molecular flexibility index (Phi) is 9.78. The maximum atomic E-state index is 13.2. The van der Waals surface area contributed by atoms with E-state index in [1.165, 1.54) is 0 Å². The molecule has 6 nitrogen and oxygen atoms in total. The van der Waals surface area contributed by atoms with Crippen molar-refractivity contribution in [3.63, 3.8) is 0 Å². The Morgan fingerprint density at radius 2 is 1.68 bits per heavy atom. The Balaban J connectivity index is 1.75. The van der Waals surface area contributed by atoms with Crippen LogP contribution in [0, 0.1) is 5.41 Å². The minimum absolute atomic E-state index is 0.00579. The highest BCUT2D eigenvalue weighted by atomic mass is 35.5. The van der Waals surface area contributed by atoms with Gasteiger partial charge in [0.25, 0.3) is 0 Å². The van der Waals surface area contributed by atoms with Gasteiger partial charge in [0.15, 0.2) is 17.3 Å². The van der Waals surface area contributed by atoms with Gasteiger partial charge in [0.1, 0.15) is 6.61 Å². The number of halogens is 1. The topological polar surface area (TPSA) is 82.1 Å². The lowest BCUT2D eigenvalue weighted by Crippen LogP contribution is -2.33. The van der Waals surface area contributed by atoms with Crippen LogP contribution in [0.25, 0.3) is 0 Å². The molecule has 0 radical (unpaired) electrons. The molecule has 0 bridgehead atoms. The second-order valence-corrected chi connectivity index (χ2v) is 9.27. The predicted molar refractivity (Wildman–Crippen MR) is 131 cm³/mol. The van der Waals surface area contributed by atoms with Gasteiger partial charge in [-0.15, -0.1) is 0 Å². The van der Waals surface area contributed by atoms with Gasteiger partial charge in [-0.05, 0) is 48.7 Å². The highest BCUT2D eigenvalue weighted by Crippen LogP contribution is 2.40. The van der Waals surface area contributed by atoms with Crippen molar-refractivity contribution in [2.24, 2.45) is 5.41 Å². The Bertz CT molecular complexity index is 965. The van der Waals surface area contributed by atoms with Gasteiger partial charge >= 0.3 is 5.97 Å². The Morgan fingerprint density at radius 1 is 0.941 bits per heavy atom. The molecule has 1 saturated carbocycles. The summed E-state index contributed by atoms with van der Waals surface area (Å²) in [6.45, 7) is 1.14. The minimum Gasteiger partial charge on any atom is -0.489 e. The standard InChI is InChI=1S/C27H33ClO6/c1-32-15-16-34-24-10-9-21(18-25(24)33-14-11-20-7-6-8-22(28)17-20)23(29)19-27(26(30)31)12-4-2-3-5-13-27/h6-10,17-18H,2-5,11-16,19H2,1H3,(H,30,31). The zero-order chi connectivity index (χ0) is 24.4. The summed E-state index contributed by atoms with van der Waals surface area (Å²) < 4.78 is 16.8. The summed E-state index contributed by atoms with van der Waals surface area (Å²) in [6.07, 6.45) is 5.41. The molecule has 1 aliphatic rings. The number of carboxylic acids is 1. The number of carboxylic acid groups (broad SMARTS) is 1. The van der Waals surface area contributed by atoms with Crippen LogP contribution in [0.1, 0.15) is 60.9 Å². The average Bonchev–Trinajstić information content (AvgIpc) is 3.06. The van der Waals surface area contributed by atoms with Crippen LogP contribution in [0.2, 0.25) is 5.02 Å². The van der Waals surface area contributed by atoms with Crippen LogP contribution >= 0.6 is 11.6 Å². The largest absolute Gasteiger partial charge is 0.489 e. The summed E-state index contributed by atoms with van der Waals surface area (Å²) in [7, 11) is 1.60. The number of benzene rings is 2. The molecule has 0 amide bonds. The van der Waals surface area contributed by atoms with E-state index in [1.807, 2.05) is 24.3 Å². The maximum Gasteiger partial charge on any atom is 0.310 e. The molecule has 0 saturated heterocycles. The number of ether oxygens (including phenoxy) is 3. The quantitative estimate of drug-likeness (QED) is 0.224. The van der Waals surface area contributed by atoms with E-state index >= 15 is 0 Å². The molecule has 184 valence electrons. The predicted octanol–water partition coefficient (Wildman–Crippen LogP) is 5.98. The van der Waals surface area contributed by atoms with Crippen molar-refractivity contribution in [3.8, 4) is 11.5 Å². The van der Waals surface area contributed by atoms with Gasteiger partial charge in [-0.2, -0.15) is 0 Å². The SMILES string of the molecule is COCCOc1ccc(C(=O)CC2(C(=O)O)CCCCCC2)cc1OCCc1cccc(Cl)c1. The number of aliphatic carboxylic acids is 1. The molecule has 0 spiro atoms. The first-order valence-electron chi connectivity index (χ1n) is 11.8. The minimum atomic E-state index is -0.991. The number of ketones is 1. The molecule has 0 unspecified atom stereocenters. The number of Topliss-reactive ketones (excluding diaryl/α,β-unsaturated/α-hetero) is 1. The van der Waals surface area contributed by atoms with Crippen LogP contribution in [0.15, 0.2) is 42.5 Å². The lowest BCUT2D eigenvalue weighted by molar-refractivity contribution is -0.149. The normalized spacial score (nSPS) is 15.4. The first kappa shape index (κ1) is 26.0. The van der Waals surface area contributed by atoms with E-state index in [0.717, 1.165) is 31.2 Å². The van der Waals surface area contributed by atoms with Crippen LogP contribution in [0.5, 0.6) is 11.5 Å². The third kappa shape index (κ3) is 7.21. The van der Waals surface area contributed by atoms with Crippen LogP contribution in [-0.4, -0.2) is 43.8 Å². The summed E-state index contributed by atoms with van der Waals surface area (Å²) >= 11 is 6.06. The summed E-state index contributed by atoms with van der Waals surface area (Å²) in [5.74, 6) is -0.0935. The lowest BCUT2D eigenvalue weighted by atomic mass is 9.75. The first-order chi connectivity index (χ1) is 16.4. The Labute approximate surface area is 206 Å². The summed E-state index contributed by atoms with van der Waals surface area (Å²) in [5.41, 5.74) is 0.481. The van der Waals surface area contributed by atoms with E-state index in [4.69, 9.17) is 25.8 Å². The number of carbonyl (C=O) groups excluding carboxylic acids is 1. The van der Waals surface area contributed by atoms with Gasteiger partial charge in [-0.25, -0.2) is 0 Å². The molecule has 1 aliphatic carbocycles. The molecule has 2 aromatic rings. The highest BCUT2D eigenvalue weighted by molar-refractivity contribution is 6.30. The number of rotatable bonds is 12. The van der Waals surface area contributed by atoms with Gasteiger partial charge in [0.05, 0.1) is 18.6 Å². The van der Waals surface area contributed by atoms with Crippen molar-refractivity contribution >= 4 is 23.4 Å². The fraction of sp³-hybridized carbons (Fsp3) is 0.481. The van der Waals surface area contributed by atoms with Crippen LogP contribution in [0.3, 0.4) is 0 Å². The Hall–Kier alpha value is -2.57. The van der Waals surface area contributed by atoms with E-state index in [-0.39, 0.29) is 12.2 Å². The van der Waals surface area contributed by atoms with Crippen molar-refractivity contribution in [2.75, 3.05) is 26.9 Å².